The van der Waals surface area contributed by atoms with Gasteiger partial charge in [-0.3, -0.25) is 0 Å². The normalized spacial score (nSPS) is 28.6. The molecule has 0 radical (unpaired) electrons. The monoisotopic (exact) mass is 235 g/mol. The van der Waals surface area contributed by atoms with Crippen molar-refractivity contribution in [2.24, 2.45) is 11.8 Å². The van der Waals surface area contributed by atoms with E-state index in [0.717, 1.165) is 36.4 Å². The van der Waals surface area contributed by atoms with Crippen molar-refractivity contribution in [3.63, 3.8) is 0 Å². The van der Waals surface area contributed by atoms with Gasteiger partial charge in [-0.1, -0.05) is 20.8 Å². The maximum atomic E-state index is 4.60. The fourth-order valence-electron chi connectivity index (χ4n) is 2.81. The Hall–Kier alpha value is -0.990. The van der Waals surface area contributed by atoms with E-state index in [4.69, 9.17) is 0 Å². The molecule has 0 aliphatic heterocycles. The van der Waals surface area contributed by atoms with Crippen LogP contribution >= 0.6 is 0 Å². The van der Waals surface area contributed by atoms with E-state index in [1.807, 2.05) is 0 Å². The van der Waals surface area contributed by atoms with Gasteiger partial charge in [0.2, 0.25) is 5.95 Å². The highest BCUT2D eigenvalue weighted by atomic mass is 15.2. The van der Waals surface area contributed by atoms with E-state index in [2.05, 4.69) is 48.8 Å². The number of rotatable bonds is 4. The van der Waals surface area contributed by atoms with E-state index in [-0.39, 0.29) is 0 Å². The number of nitrogens with one attached hydrogen (secondary N) is 1. The van der Waals surface area contributed by atoms with Crippen LogP contribution in [0.2, 0.25) is 0 Å². The van der Waals surface area contributed by atoms with Crippen molar-refractivity contribution in [3.8, 4) is 0 Å². The predicted molar refractivity (Wildman–Crippen MR) is 72.2 cm³/mol. The summed E-state index contributed by atoms with van der Waals surface area (Å²) in [7, 11) is 0. The Balaban J connectivity index is 2.07. The first-order valence-electron chi connectivity index (χ1n) is 6.92. The summed E-state index contributed by atoms with van der Waals surface area (Å²) < 4.78 is 2.26. The van der Waals surface area contributed by atoms with Gasteiger partial charge in [-0.15, -0.1) is 0 Å². The van der Waals surface area contributed by atoms with Crippen molar-refractivity contribution >= 4 is 5.95 Å². The quantitative estimate of drug-likeness (QED) is 0.866. The first-order chi connectivity index (χ1) is 8.11. The molecule has 1 aromatic heterocycles. The molecule has 2 rings (SSSR count). The van der Waals surface area contributed by atoms with Gasteiger partial charge in [0.1, 0.15) is 0 Å². The molecule has 3 nitrogen and oxygen atoms in total. The number of nitrogens with zero attached hydrogens (tertiary/aromatic N) is 2. The second-order valence-electron chi connectivity index (χ2n) is 5.56. The fraction of sp³-hybridized carbons (Fsp3) is 0.786. The molecule has 0 amide bonds. The number of imidazole rings is 1. The number of aryl methyl sites for hydroxylation is 2. The average Bonchev–Trinajstić information content (AvgIpc) is 2.77. The molecule has 1 fully saturated rings. The molecule has 1 N–H and O–H groups in total. The molecule has 17 heavy (non-hydrogen) atoms. The van der Waals surface area contributed by atoms with Crippen LogP contribution in [0, 0.1) is 18.8 Å². The van der Waals surface area contributed by atoms with Crippen molar-refractivity contribution < 1.29 is 0 Å². The Morgan fingerprint density at radius 1 is 1.41 bits per heavy atom. The predicted octanol–water partition coefficient (Wildman–Crippen LogP) is 3.45. The number of anilines is 1. The third-order valence-electron chi connectivity index (χ3n) is 4.14. The zero-order valence-corrected chi connectivity index (χ0v) is 11.5. The molecule has 3 heteroatoms. The van der Waals surface area contributed by atoms with Crippen LogP contribution in [0.15, 0.2) is 6.20 Å². The lowest BCUT2D eigenvalue weighted by molar-refractivity contribution is 0.433. The molecule has 1 heterocycles. The second-order valence-corrected chi connectivity index (χ2v) is 5.56. The molecule has 3 atom stereocenters. The molecular formula is C14H25N3. The van der Waals surface area contributed by atoms with Crippen LogP contribution in [0.5, 0.6) is 0 Å². The van der Waals surface area contributed by atoms with E-state index in [0.29, 0.717) is 6.04 Å². The summed E-state index contributed by atoms with van der Waals surface area (Å²) in [5.74, 6) is 2.65. The van der Waals surface area contributed by atoms with Crippen LogP contribution < -0.4 is 5.32 Å². The maximum Gasteiger partial charge on any atom is 0.203 e. The summed E-state index contributed by atoms with van der Waals surface area (Å²) in [6.45, 7) is 10.0. The van der Waals surface area contributed by atoms with Gasteiger partial charge in [0.05, 0.1) is 5.69 Å². The highest BCUT2D eigenvalue weighted by molar-refractivity contribution is 5.31. The molecule has 1 saturated carbocycles. The third kappa shape index (κ3) is 2.64. The SMILES string of the molecule is CCCn1cc(C)nc1NC1CCC(C)C1C. The Morgan fingerprint density at radius 2 is 2.18 bits per heavy atom. The number of aromatic nitrogens is 2. The van der Waals surface area contributed by atoms with Gasteiger partial charge >= 0.3 is 0 Å². The van der Waals surface area contributed by atoms with E-state index < -0.39 is 0 Å². The molecule has 0 spiro atoms. The van der Waals surface area contributed by atoms with Crippen molar-refractivity contribution in [2.75, 3.05) is 5.32 Å². The van der Waals surface area contributed by atoms with Gasteiger partial charge in [-0.05, 0) is 38.0 Å². The lowest BCUT2D eigenvalue weighted by Crippen LogP contribution is -2.25. The standard InChI is InChI=1S/C14H25N3/c1-5-8-17-9-11(3)15-14(17)16-13-7-6-10(2)12(13)4/h9-10,12-13H,5-8H2,1-4H3,(H,15,16). The minimum atomic E-state index is 0.599. The van der Waals surface area contributed by atoms with Crippen LogP contribution in [0.3, 0.4) is 0 Å². The summed E-state index contributed by atoms with van der Waals surface area (Å²) >= 11 is 0. The first kappa shape index (κ1) is 12.5. The Labute approximate surface area is 105 Å². The fourth-order valence-corrected chi connectivity index (χ4v) is 2.81. The third-order valence-corrected chi connectivity index (χ3v) is 4.14. The Kier molecular flexibility index (Phi) is 3.75. The van der Waals surface area contributed by atoms with Crippen LogP contribution in [0.25, 0.3) is 0 Å². The van der Waals surface area contributed by atoms with E-state index >= 15 is 0 Å². The minimum Gasteiger partial charge on any atom is -0.353 e. The number of hydrogen-bond acceptors (Lipinski definition) is 2. The topological polar surface area (TPSA) is 29.9 Å². The van der Waals surface area contributed by atoms with Gasteiger partial charge in [-0.25, -0.2) is 4.98 Å². The van der Waals surface area contributed by atoms with Gasteiger partial charge < -0.3 is 9.88 Å². The Morgan fingerprint density at radius 3 is 2.76 bits per heavy atom. The lowest BCUT2D eigenvalue weighted by atomic mass is 9.98. The molecule has 3 unspecified atom stereocenters. The van der Waals surface area contributed by atoms with Gasteiger partial charge in [0.25, 0.3) is 0 Å². The summed E-state index contributed by atoms with van der Waals surface area (Å²) in [5, 5.41) is 3.65. The van der Waals surface area contributed by atoms with E-state index in [9.17, 15) is 0 Å². The highest BCUT2D eigenvalue weighted by Crippen LogP contribution is 2.33. The highest BCUT2D eigenvalue weighted by Gasteiger charge is 2.30. The molecule has 1 aliphatic carbocycles. The summed E-state index contributed by atoms with van der Waals surface area (Å²) in [6.07, 6.45) is 5.92. The smallest absolute Gasteiger partial charge is 0.203 e. The molecule has 0 bridgehead atoms. The van der Waals surface area contributed by atoms with Gasteiger partial charge in [-0.2, -0.15) is 0 Å². The van der Waals surface area contributed by atoms with E-state index in [1.165, 1.54) is 12.8 Å². The molecule has 1 aromatic rings. The van der Waals surface area contributed by atoms with E-state index in [1.54, 1.807) is 0 Å². The second kappa shape index (κ2) is 5.11. The molecule has 96 valence electrons. The Bertz CT molecular complexity index is 370. The zero-order valence-electron chi connectivity index (χ0n) is 11.5. The van der Waals surface area contributed by atoms with Crippen molar-refractivity contribution in [1.29, 1.82) is 0 Å². The lowest BCUT2D eigenvalue weighted by Gasteiger charge is -2.20. The van der Waals surface area contributed by atoms with Crippen LogP contribution in [0.1, 0.15) is 45.7 Å². The van der Waals surface area contributed by atoms with Gasteiger partial charge in [0, 0.05) is 18.8 Å². The zero-order chi connectivity index (χ0) is 12.4. The molecule has 1 aliphatic rings. The van der Waals surface area contributed by atoms with Crippen molar-refractivity contribution in [3.05, 3.63) is 11.9 Å². The summed E-state index contributed by atoms with van der Waals surface area (Å²) in [5.41, 5.74) is 1.11. The van der Waals surface area contributed by atoms with Crippen molar-refractivity contribution in [2.45, 2.75) is 59.5 Å². The average molecular weight is 235 g/mol. The molecule has 0 aromatic carbocycles. The minimum absolute atomic E-state index is 0.599. The summed E-state index contributed by atoms with van der Waals surface area (Å²) in [4.78, 5) is 4.60. The van der Waals surface area contributed by atoms with Crippen LogP contribution in [-0.2, 0) is 6.54 Å². The largest absolute Gasteiger partial charge is 0.353 e. The maximum absolute atomic E-state index is 4.60. The van der Waals surface area contributed by atoms with Gasteiger partial charge in [0.15, 0.2) is 0 Å². The molecular weight excluding hydrogens is 210 g/mol. The van der Waals surface area contributed by atoms with Crippen LogP contribution in [-0.4, -0.2) is 15.6 Å². The molecule has 0 saturated heterocycles. The van der Waals surface area contributed by atoms with Crippen LogP contribution in [0.4, 0.5) is 5.95 Å². The van der Waals surface area contributed by atoms with Crippen molar-refractivity contribution in [1.82, 2.24) is 9.55 Å². The summed E-state index contributed by atoms with van der Waals surface area (Å²) in [6, 6.07) is 0.599. The first-order valence-corrected chi connectivity index (χ1v) is 6.92. The number of hydrogen-bond donors (Lipinski definition) is 1.